The van der Waals surface area contributed by atoms with Crippen molar-refractivity contribution in [3.63, 3.8) is 0 Å². The number of hydrogen-bond donors (Lipinski definition) is 2. The molecule has 1 saturated heterocycles. The summed E-state index contributed by atoms with van der Waals surface area (Å²) in [5.41, 5.74) is 7.36. The van der Waals surface area contributed by atoms with Crippen LogP contribution in [0.2, 0.25) is 0 Å². The predicted octanol–water partition coefficient (Wildman–Crippen LogP) is 1.59. The van der Waals surface area contributed by atoms with Crippen molar-refractivity contribution in [3.8, 4) is 5.75 Å². The highest BCUT2D eigenvalue weighted by atomic mass is 16.5. The molecule has 0 radical (unpaired) electrons. The Hall–Kier alpha value is -1.59. The molecule has 3 N–H and O–H groups in total. The number of nitrogens with zero attached hydrogens (tertiary/aromatic N) is 1. The van der Waals surface area contributed by atoms with Gasteiger partial charge in [-0.05, 0) is 37.6 Å². The smallest absolute Gasteiger partial charge is 0.123 e. The third kappa shape index (κ3) is 3.49. The van der Waals surface area contributed by atoms with Gasteiger partial charge in [0.05, 0.1) is 13.2 Å². The standard InChI is InChI=1S/C15H23N3O2/c1-19-13-4-3-7-18(10-13)9-12-8-11(15(16)17)5-6-14(12)20-2/h5-6,8,13H,3-4,7,9-10H2,1-2H3,(H3,16,17). The van der Waals surface area contributed by atoms with Crippen molar-refractivity contribution in [1.82, 2.24) is 4.90 Å². The van der Waals surface area contributed by atoms with Crippen LogP contribution in [-0.4, -0.2) is 44.1 Å². The van der Waals surface area contributed by atoms with E-state index in [1.165, 1.54) is 0 Å². The average Bonchev–Trinajstić information content (AvgIpc) is 2.47. The van der Waals surface area contributed by atoms with Crippen LogP contribution in [0.1, 0.15) is 24.0 Å². The first-order chi connectivity index (χ1) is 9.63. The van der Waals surface area contributed by atoms with Crippen molar-refractivity contribution >= 4 is 5.84 Å². The van der Waals surface area contributed by atoms with Crippen molar-refractivity contribution in [1.29, 1.82) is 5.41 Å². The molecule has 0 aromatic heterocycles. The highest BCUT2D eigenvalue weighted by Crippen LogP contribution is 2.23. The molecule has 0 spiro atoms. The van der Waals surface area contributed by atoms with E-state index in [2.05, 4.69) is 4.90 Å². The molecule has 0 amide bonds. The van der Waals surface area contributed by atoms with Crippen LogP contribution in [0.25, 0.3) is 0 Å². The van der Waals surface area contributed by atoms with Crippen molar-refractivity contribution in [2.45, 2.75) is 25.5 Å². The fourth-order valence-electron chi connectivity index (χ4n) is 2.66. The third-order valence-corrected chi connectivity index (χ3v) is 3.78. The lowest BCUT2D eigenvalue weighted by Gasteiger charge is -2.32. The highest BCUT2D eigenvalue weighted by Gasteiger charge is 2.20. The Morgan fingerprint density at radius 1 is 1.45 bits per heavy atom. The number of nitrogen functional groups attached to an aromatic ring is 1. The monoisotopic (exact) mass is 277 g/mol. The number of amidine groups is 1. The first-order valence-corrected chi connectivity index (χ1v) is 6.90. The van der Waals surface area contributed by atoms with Crippen molar-refractivity contribution in [3.05, 3.63) is 29.3 Å². The fraction of sp³-hybridized carbons (Fsp3) is 0.533. The van der Waals surface area contributed by atoms with Crippen LogP contribution in [0.4, 0.5) is 0 Å². The second-order valence-corrected chi connectivity index (χ2v) is 5.18. The molecular formula is C15H23N3O2. The summed E-state index contributed by atoms with van der Waals surface area (Å²) in [7, 11) is 3.44. The number of likely N-dealkylation sites (tertiary alicyclic amines) is 1. The predicted molar refractivity (Wildman–Crippen MR) is 79.3 cm³/mol. The van der Waals surface area contributed by atoms with Crippen molar-refractivity contribution in [2.24, 2.45) is 5.73 Å². The first-order valence-electron chi connectivity index (χ1n) is 6.90. The summed E-state index contributed by atoms with van der Waals surface area (Å²) in [4.78, 5) is 2.36. The minimum Gasteiger partial charge on any atom is -0.496 e. The van der Waals surface area contributed by atoms with Crippen LogP contribution in [0.5, 0.6) is 5.75 Å². The molecule has 0 aliphatic carbocycles. The Morgan fingerprint density at radius 3 is 2.90 bits per heavy atom. The number of nitrogens with one attached hydrogen (secondary N) is 1. The summed E-state index contributed by atoms with van der Waals surface area (Å²) >= 11 is 0. The minimum absolute atomic E-state index is 0.0855. The maximum absolute atomic E-state index is 7.54. The quantitative estimate of drug-likeness (QED) is 0.633. The lowest BCUT2D eigenvalue weighted by atomic mass is 10.0. The maximum Gasteiger partial charge on any atom is 0.123 e. The zero-order chi connectivity index (χ0) is 14.5. The number of methoxy groups -OCH3 is 2. The Bertz CT molecular complexity index is 476. The van der Waals surface area contributed by atoms with Crippen LogP contribution < -0.4 is 10.5 Å². The molecule has 1 aliphatic rings. The summed E-state index contributed by atoms with van der Waals surface area (Å²) in [6.07, 6.45) is 2.58. The number of rotatable bonds is 5. The summed E-state index contributed by atoms with van der Waals surface area (Å²) in [5, 5.41) is 7.54. The van der Waals surface area contributed by atoms with Gasteiger partial charge in [0.25, 0.3) is 0 Å². The van der Waals surface area contributed by atoms with E-state index in [1.807, 2.05) is 18.2 Å². The van der Waals surface area contributed by atoms with Crippen molar-refractivity contribution in [2.75, 3.05) is 27.3 Å². The zero-order valence-corrected chi connectivity index (χ0v) is 12.2. The van der Waals surface area contributed by atoms with Gasteiger partial charge in [-0.3, -0.25) is 10.3 Å². The van der Waals surface area contributed by atoms with Gasteiger partial charge in [-0.2, -0.15) is 0 Å². The molecule has 1 aromatic rings. The molecule has 5 nitrogen and oxygen atoms in total. The molecule has 110 valence electrons. The van der Waals surface area contributed by atoms with E-state index in [1.54, 1.807) is 14.2 Å². The van der Waals surface area contributed by atoms with Gasteiger partial charge < -0.3 is 15.2 Å². The fourth-order valence-corrected chi connectivity index (χ4v) is 2.66. The Labute approximate surface area is 120 Å². The van der Waals surface area contributed by atoms with Crippen LogP contribution >= 0.6 is 0 Å². The lowest BCUT2D eigenvalue weighted by Crippen LogP contribution is -2.38. The SMILES string of the molecule is COc1ccc(C(=N)N)cc1CN1CCCC(OC)C1. The van der Waals surface area contributed by atoms with E-state index in [0.717, 1.165) is 49.4 Å². The largest absolute Gasteiger partial charge is 0.496 e. The molecule has 5 heteroatoms. The lowest BCUT2D eigenvalue weighted by molar-refractivity contribution is 0.0283. The van der Waals surface area contributed by atoms with Gasteiger partial charge >= 0.3 is 0 Å². The number of piperidine rings is 1. The van der Waals surface area contributed by atoms with E-state index in [4.69, 9.17) is 20.6 Å². The number of hydrogen-bond acceptors (Lipinski definition) is 4. The van der Waals surface area contributed by atoms with Gasteiger partial charge in [-0.1, -0.05) is 0 Å². The topological polar surface area (TPSA) is 71.6 Å². The van der Waals surface area contributed by atoms with Gasteiger partial charge in [0.15, 0.2) is 0 Å². The molecule has 0 saturated carbocycles. The minimum atomic E-state index is 0.0855. The number of benzene rings is 1. The van der Waals surface area contributed by atoms with Gasteiger partial charge in [-0.15, -0.1) is 0 Å². The normalized spacial score (nSPS) is 19.8. The summed E-state index contributed by atoms with van der Waals surface area (Å²) in [6, 6.07) is 5.64. The highest BCUT2D eigenvalue weighted by molar-refractivity contribution is 5.95. The summed E-state index contributed by atoms with van der Waals surface area (Å²) in [5.74, 6) is 0.928. The number of ether oxygens (including phenoxy) is 2. The molecule has 1 aromatic carbocycles. The van der Waals surface area contributed by atoms with E-state index in [9.17, 15) is 0 Å². The van der Waals surface area contributed by atoms with E-state index in [0.29, 0.717) is 6.10 Å². The first kappa shape index (κ1) is 14.8. The van der Waals surface area contributed by atoms with E-state index in [-0.39, 0.29) is 5.84 Å². The van der Waals surface area contributed by atoms with Crippen LogP contribution in [-0.2, 0) is 11.3 Å². The molecule has 1 atom stereocenters. The zero-order valence-electron chi connectivity index (χ0n) is 12.2. The molecule has 20 heavy (non-hydrogen) atoms. The molecular weight excluding hydrogens is 254 g/mol. The van der Waals surface area contributed by atoms with E-state index < -0.39 is 0 Å². The van der Waals surface area contributed by atoms with Crippen LogP contribution in [0, 0.1) is 5.41 Å². The average molecular weight is 277 g/mol. The molecule has 2 rings (SSSR count). The van der Waals surface area contributed by atoms with Gasteiger partial charge in [0.2, 0.25) is 0 Å². The van der Waals surface area contributed by atoms with Crippen LogP contribution in [0.15, 0.2) is 18.2 Å². The Kier molecular flexibility index (Phi) is 4.98. The molecule has 0 bridgehead atoms. The molecule has 1 fully saturated rings. The van der Waals surface area contributed by atoms with Gasteiger partial charge in [0, 0.05) is 31.3 Å². The second kappa shape index (κ2) is 6.72. The van der Waals surface area contributed by atoms with E-state index >= 15 is 0 Å². The third-order valence-electron chi connectivity index (χ3n) is 3.78. The second-order valence-electron chi connectivity index (χ2n) is 5.18. The molecule has 1 heterocycles. The van der Waals surface area contributed by atoms with Gasteiger partial charge in [-0.25, -0.2) is 0 Å². The van der Waals surface area contributed by atoms with Crippen LogP contribution in [0.3, 0.4) is 0 Å². The number of nitrogens with two attached hydrogens (primary N) is 1. The Balaban J connectivity index is 2.14. The Morgan fingerprint density at radius 2 is 2.25 bits per heavy atom. The maximum atomic E-state index is 7.54. The summed E-state index contributed by atoms with van der Waals surface area (Å²) in [6.45, 7) is 2.79. The van der Waals surface area contributed by atoms with Crippen molar-refractivity contribution < 1.29 is 9.47 Å². The summed E-state index contributed by atoms with van der Waals surface area (Å²) < 4.78 is 10.9. The van der Waals surface area contributed by atoms with Gasteiger partial charge in [0.1, 0.15) is 11.6 Å². The molecule has 1 unspecified atom stereocenters. The molecule has 1 aliphatic heterocycles.